The average Bonchev–Trinajstić information content (AvgIpc) is 3.05. The molecule has 0 aliphatic heterocycles. The van der Waals surface area contributed by atoms with Crippen molar-refractivity contribution in [2.24, 2.45) is 41.4 Å². The summed E-state index contributed by atoms with van der Waals surface area (Å²) >= 11 is 0. The van der Waals surface area contributed by atoms with Crippen molar-refractivity contribution >= 4 is 0 Å². The summed E-state index contributed by atoms with van der Waals surface area (Å²) in [7, 11) is 0. The van der Waals surface area contributed by atoms with Gasteiger partial charge in [-0.3, -0.25) is 0 Å². The summed E-state index contributed by atoms with van der Waals surface area (Å²) in [4.78, 5) is 0. The summed E-state index contributed by atoms with van der Waals surface area (Å²) in [5.74, 6) is 6.20. The van der Waals surface area contributed by atoms with Crippen LogP contribution in [0.3, 0.4) is 0 Å². The Morgan fingerprint density at radius 3 is 2.58 bits per heavy atom. The second-order valence-corrected chi connectivity index (χ2v) is 10.5. The first-order chi connectivity index (χ1) is 12.5. The molecule has 0 heteroatoms. The molecule has 0 spiro atoms. The molecule has 4 aliphatic carbocycles. The zero-order chi connectivity index (χ0) is 18.3. The molecule has 1 fully saturated rings. The summed E-state index contributed by atoms with van der Waals surface area (Å²) in [6, 6.07) is 0. The summed E-state index contributed by atoms with van der Waals surface area (Å²) in [5.41, 5.74) is 5.38. The van der Waals surface area contributed by atoms with Crippen molar-refractivity contribution in [2.45, 2.75) is 85.5 Å². The van der Waals surface area contributed by atoms with Gasteiger partial charge >= 0.3 is 0 Å². The fourth-order valence-corrected chi connectivity index (χ4v) is 6.70. The van der Waals surface area contributed by atoms with Crippen LogP contribution in [0, 0.1) is 41.4 Å². The maximum atomic E-state index is 2.73. The molecule has 0 amide bonds. The van der Waals surface area contributed by atoms with Crippen molar-refractivity contribution < 1.29 is 0 Å². The Kier molecular flexibility index (Phi) is 5.49. The molecule has 0 nitrogen and oxygen atoms in total. The molecule has 1 saturated carbocycles. The molecule has 0 aromatic rings. The number of rotatable bonds is 5. The van der Waals surface area contributed by atoms with Crippen LogP contribution in [0.5, 0.6) is 0 Å². The molecule has 0 radical (unpaired) electrons. The van der Waals surface area contributed by atoms with E-state index in [1.807, 2.05) is 5.57 Å². The third-order valence-electron chi connectivity index (χ3n) is 8.13. The quantitative estimate of drug-likeness (QED) is 0.444. The monoisotopic (exact) mass is 352 g/mol. The molecule has 26 heavy (non-hydrogen) atoms. The maximum Gasteiger partial charge on any atom is -0.00908 e. The molecule has 0 aromatic heterocycles. The van der Waals surface area contributed by atoms with E-state index in [2.05, 4.69) is 45.9 Å². The Balaban J connectivity index is 1.45. The molecular formula is C26H40. The van der Waals surface area contributed by atoms with Crippen molar-refractivity contribution in [3.8, 4) is 0 Å². The number of hydrogen-bond acceptors (Lipinski definition) is 0. The summed E-state index contributed by atoms with van der Waals surface area (Å²) in [5, 5.41) is 0. The lowest BCUT2D eigenvalue weighted by Gasteiger charge is -2.43. The van der Waals surface area contributed by atoms with Crippen molar-refractivity contribution in [3.05, 3.63) is 34.9 Å². The highest BCUT2D eigenvalue weighted by Crippen LogP contribution is 2.56. The highest BCUT2D eigenvalue weighted by Gasteiger charge is 2.45. The SMILES string of the molecule is CC(C)CCCC(C)[C@H]1CC[C@@H]2C1=CC[C@@H]1C3=CC[C@H](C)CC3=CC[C@H]12. The highest BCUT2D eigenvalue weighted by atomic mass is 14.5. The van der Waals surface area contributed by atoms with Gasteiger partial charge in [0, 0.05) is 0 Å². The minimum absolute atomic E-state index is 0.853. The van der Waals surface area contributed by atoms with Gasteiger partial charge in [0.05, 0.1) is 0 Å². The van der Waals surface area contributed by atoms with Crippen LogP contribution in [-0.2, 0) is 0 Å². The molecule has 0 aromatic carbocycles. The number of fused-ring (bicyclic) bond motifs is 5. The largest absolute Gasteiger partial charge is 0.0841 e. The van der Waals surface area contributed by atoms with Gasteiger partial charge in [-0.2, -0.15) is 0 Å². The Labute approximate surface area is 162 Å². The molecule has 0 bridgehead atoms. The van der Waals surface area contributed by atoms with Gasteiger partial charge in [-0.15, -0.1) is 0 Å². The first kappa shape index (κ1) is 18.6. The van der Waals surface area contributed by atoms with Gasteiger partial charge in [-0.05, 0) is 91.1 Å². The minimum atomic E-state index is 0.853. The molecule has 6 atom stereocenters. The molecule has 0 N–H and O–H groups in total. The van der Waals surface area contributed by atoms with E-state index in [1.54, 1.807) is 11.1 Å². The van der Waals surface area contributed by atoms with E-state index in [0.29, 0.717) is 0 Å². The van der Waals surface area contributed by atoms with Crippen LogP contribution in [0.25, 0.3) is 0 Å². The maximum absolute atomic E-state index is 2.73. The van der Waals surface area contributed by atoms with E-state index < -0.39 is 0 Å². The van der Waals surface area contributed by atoms with Gasteiger partial charge in [0.15, 0.2) is 0 Å². The topological polar surface area (TPSA) is 0 Å². The molecule has 0 saturated heterocycles. The highest BCUT2D eigenvalue weighted by molar-refractivity contribution is 5.41. The third kappa shape index (κ3) is 3.50. The molecule has 1 unspecified atom stereocenters. The van der Waals surface area contributed by atoms with Crippen molar-refractivity contribution in [3.63, 3.8) is 0 Å². The zero-order valence-corrected chi connectivity index (χ0v) is 17.6. The first-order valence-corrected chi connectivity index (χ1v) is 11.6. The molecule has 4 aliphatic rings. The summed E-state index contributed by atoms with van der Waals surface area (Å²) in [6.45, 7) is 9.70. The molecule has 144 valence electrons. The van der Waals surface area contributed by atoms with Crippen LogP contribution in [0.1, 0.15) is 85.5 Å². The minimum Gasteiger partial charge on any atom is -0.0841 e. The van der Waals surface area contributed by atoms with Crippen molar-refractivity contribution in [2.75, 3.05) is 0 Å². The Bertz CT molecular complexity index is 602. The summed E-state index contributed by atoms with van der Waals surface area (Å²) in [6.07, 6.45) is 20.6. The van der Waals surface area contributed by atoms with E-state index in [1.165, 1.54) is 57.8 Å². The fourth-order valence-electron chi connectivity index (χ4n) is 6.70. The average molecular weight is 353 g/mol. The lowest BCUT2D eigenvalue weighted by molar-refractivity contribution is 0.257. The first-order valence-electron chi connectivity index (χ1n) is 11.6. The van der Waals surface area contributed by atoms with Crippen LogP contribution >= 0.6 is 0 Å². The Hall–Kier alpha value is -0.780. The van der Waals surface area contributed by atoms with Crippen LogP contribution in [-0.4, -0.2) is 0 Å². The van der Waals surface area contributed by atoms with E-state index in [4.69, 9.17) is 0 Å². The van der Waals surface area contributed by atoms with Crippen molar-refractivity contribution in [1.29, 1.82) is 0 Å². The van der Waals surface area contributed by atoms with Gasteiger partial charge < -0.3 is 0 Å². The standard InChI is InChI=1S/C26H40/c1-17(2)6-5-7-19(4)21-12-13-26-23(21)14-15-24-22-10-8-18(3)16-20(22)9-11-25(24)26/h9-10,14,17-19,21,24-26H,5-8,11-13,15-16H2,1-4H3/t18-,19?,21+,24+,25+,26+/m0/s1. The summed E-state index contributed by atoms with van der Waals surface area (Å²) < 4.78 is 0. The zero-order valence-electron chi connectivity index (χ0n) is 17.6. The number of hydrogen-bond donors (Lipinski definition) is 0. The normalized spacial score (nSPS) is 37.3. The third-order valence-corrected chi connectivity index (χ3v) is 8.13. The Morgan fingerprint density at radius 2 is 1.77 bits per heavy atom. The number of allylic oxidation sites excluding steroid dienone is 6. The Morgan fingerprint density at radius 1 is 0.923 bits per heavy atom. The van der Waals surface area contributed by atoms with Crippen LogP contribution < -0.4 is 0 Å². The van der Waals surface area contributed by atoms with Gasteiger partial charge in [-0.1, -0.05) is 70.8 Å². The van der Waals surface area contributed by atoms with Gasteiger partial charge in [-0.25, -0.2) is 0 Å². The van der Waals surface area contributed by atoms with Crippen molar-refractivity contribution in [1.82, 2.24) is 0 Å². The van der Waals surface area contributed by atoms with E-state index in [-0.39, 0.29) is 0 Å². The van der Waals surface area contributed by atoms with E-state index >= 15 is 0 Å². The van der Waals surface area contributed by atoms with Gasteiger partial charge in [0.25, 0.3) is 0 Å². The lowest BCUT2D eigenvalue weighted by Crippen LogP contribution is -2.33. The fraction of sp³-hybridized carbons (Fsp3) is 0.769. The smallest absolute Gasteiger partial charge is 0.00908 e. The van der Waals surface area contributed by atoms with Crippen LogP contribution in [0.15, 0.2) is 34.9 Å². The van der Waals surface area contributed by atoms with E-state index in [9.17, 15) is 0 Å². The molecule has 4 rings (SSSR count). The predicted octanol–water partition coefficient (Wildman–Crippen LogP) is 7.72. The van der Waals surface area contributed by atoms with E-state index in [0.717, 1.165) is 41.4 Å². The molecule has 0 heterocycles. The van der Waals surface area contributed by atoms with Crippen LogP contribution in [0.4, 0.5) is 0 Å². The second-order valence-electron chi connectivity index (χ2n) is 10.5. The molecular weight excluding hydrogens is 312 g/mol. The lowest BCUT2D eigenvalue weighted by atomic mass is 9.61. The van der Waals surface area contributed by atoms with Gasteiger partial charge in [0.1, 0.15) is 0 Å². The van der Waals surface area contributed by atoms with Crippen LogP contribution in [0.2, 0.25) is 0 Å². The predicted molar refractivity (Wildman–Crippen MR) is 113 cm³/mol. The van der Waals surface area contributed by atoms with Gasteiger partial charge in [0.2, 0.25) is 0 Å². The second kappa shape index (κ2) is 7.69.